The summed E-state index contributed by atoms with van der Waals surface area (Å²) in [7, 11) is 0. The first-order valence-electron chi connectivity index (χ1n) is 5.33. The Labute approximate surface area is 98.8 Å². The van der Waals surface area contributed by atoms with Crippen molar-refractivity contribution in [1.29, 1.82) is 0 Å². The minimum atomic E-state index is 0.320. The van der Waals surface area contributed by atoms with Gasteiger partial charge in [-0.2, -0.15) is 0 Å². The average Bonchev–Trinajstić information content (AvgIpc) is 2.73. The molecule has 2 rings (SSSR count). The van der Waals surface area contributed by atoms with Crippen LogP contribution >= 0.6 is 15.9 Å². The minimum Gasteiger partial charge on any atom is -0.506 e. The van der Waals surface area contributed by atoms with E-state index in [0.717, 1.165) is 28.6 Å². The van der Waals surface area contributed by atoms with Gasteiger partial charge in [0.15, 0.2) is 0 Å². The Morgan fingerprint density at radius 1 is 1.47 bits per heavy atom. The highest BCUT2D eigenvalue weighted by molar-refractivity contribution is 9.10. The van der Waals surface area contributed by atoms with Gasteiger partial charge in [-0.3, -0.25) is 0 Å². The first-order valence-corrected chi connectivity index (χ1v) is 6.12. The van der Waals surface area contributed by atoms with Gasteiger partial charge >= 0.3 is 0 Å². The molecular weight excluding hydrogens is 254 g/mol. The summed E-state index contributed by atoms with van der Waals surface area (Å²) in [5.41, 5.74) is 3.38. The SMILES string of the molecule is Cc1cc(C2CCCN2)c(O)c(Br)c1C. The maximum absolute atomic E-state index is 10.1. The topological polar surface area (TPSA) is 32.3 Å². The summed E-state index contributed by atoms with van der Waals surface area (Å²) in [6.07, 6.45) is 2.30. The molecule has 1 aromatic rings. The number of benzene rings is 1. The number of phenolic OH excluding ortho intramolecular Hbond substituents is 1. The number of aromatic hydroxyl groups is 1. The summed E-state index contributed by atoms with van der Waals surface area (Å²) in [5, 5.41) is 13.5. The molecule has 1 atom stereocenters. The zero-order chi connectivity index (χ0) is 11.0. The monoisotopic (exact) mass is 269 g/mol. The second-order valence-electron chi connectivity index (χ2n) is 4.22. The lowest BCUT2D eigenvalue weighted by molar-refractivity contribution is 0.453. The summed E-state index contributed by atoms with van der Waals surface area (Å²) in [6.45, 7) is 5.15. The molecule has 15 heavy (non-hydrogen) atoms. The van der Waals surface area contributed by atoms with E-state index in [1.807, 2.05) is 6.92 Å². The van der Waals surface area contributed by atoms with Crippen molar-refractivity contribution in [2.24, 2.45) is 0 Å². The van der Waals surface area contributed by atoms with Crippen LogP contribution in [0.4, 0.5) is 0 Å². The molecule has 1 unspecified atom stereocenters. The van der Waals surface area contributed by atoms with Crippen molar-refractivity contribution in [3.8, 4) is 5.75 Å². The van der Waals surface area contributed by atoms with Gasteiger partial charge in [0.1, 0.15) is 5.75 Å². The second-order valence-corrected chi connectivity index (χ2v) is 5.01. The molecule has 3 heteroatoms. The number of halogens is 1. The molecule has 1 fully saturated rings. The molecule has 1 saturated heterocycles. The Kier molecular flexibility index (Phi) is 3.03. The lowest BCUT2D eigenvalue weighted by atomic mass is 9.99. The van der Waals surface area contributed by atoms with Crippen molar-refractivity contribution in [3.05, 3.63) is 27.2 Å². The Hall–Kier alpha value is -0.540. The van der Waals surface area contributed by atoms with Crippen LogP contribution in [0, 0.1) is 13.8 Å². The molecule has 1 aliphatic rings. The minimum absolute atomic E-state index is 0.320. The van der Waals surface area contributed by atoms with Crippen LogP contribution in [0.3, 0.4) is 0 Å². The average molecular weight is 270 g/mol. The molecule has 82 valence electrons. The second kappa shape index (κ2) is 4.14. The van der Waals surface area contributed by atoms with Gasteiger partial charge in [-0.1, -0.05) is 6.07 Å². The fourth-order valence-corrected chi connectivity index (χ4v) is 2.64. The molecule has 2 nitrogen and oxygen atoms in total. The van der Waals surface area contributed by atoms with Crippen LogP contribution in [0.2, 0.25) is 0 Å². The summed E-state index contributed by atoms with van der Waals surface area (Å²) < 4.78 is 0.839. The summed E-state index contributed by atoms with van der Waals surface area (Å²) in [4.78, 5) is 0. The fourth-order valence-electron chi connectivity index (χ4n) is 2.10. The maximum Gasteiger partial charge on any atom is 0.134 e. The van der Waals surface area contributed by atoms with Gasteiger partial charge < -0.3 is 10.4 Å². The van der Waals surface area contributed by atoms with E-state index >= 15 is 0 Å². The maximum atomic E-state index is 10.1. The number of hydrogen-bond donors (Lipinski definition) is 2. The molecule has 2 N–H and O–H groups in total. The van der Waals surface area contributed by atoms with Crippen molar-refractivity contribution in [2.45, 2.75) is 32.7 Å². The van der Waals surface area contributed by atoms with Crippen molar-refractivity contribution in [2.75, 3.05) is 6.54 Å². The van der Waals surface area contributed by atoms with E-state index in [1.54, 1.807) is 0 Å². The van der Waals surface area contributed by atoms with Crippen LogP contribution in [-0.4, -0.2) is 11.7 Å². The lowest BCUT2D eigenvalue weighted by Gasteiger charge is -2.16. The Morgan fingerprint density at radius 2 is 2.20 bits per heavy atom. The molecule has 0 bridgehead atoms. The van der Waals surface area contributed by atoms with Crippen LogP contribution in [-0.2, 0) is 0 Å². The Morgan fingerprint density at radius 3 is 2.80 bits per heavy atom. The van der Waals surface area contributed by atoms with E-state index in [0.29, 0.717) is 11.8 Å². The van der Waals surface area contributed by atoms with Crippen molar-refractivity contribution in [3.63, 3.8) is 0 Å². The summed E-state index contributed by atoms with van der Waals surface area (Å²) in [5.74, 6) is 0.400. The molecule has 1 aromatic carbocycles. The highest BCUT2D eigenvalue weighted by atomic mass is 79.9. The van der Waals surface area contributed by atoms with Crippen LogP contribution in [0.25, 0.3) is 0 Å². The third-order valence-electron chi connectivity index (χ3n) is 3.21. The van der Waals surface area contributed by atoms with Gasteiger partial charge in [0, 0.05) is 11.6 Å². The molecular formula is C12H16BrNO. The molecule has 0 aliphatic carbocycles. The highest BCUT2D eigenvalue weighted by Crippen LogP contribution is 2.38. The highest BCUT2D eigenvalue weighted by Gasteiger charge is 2.21. The predicted molar refractivity (Wildman–Crippen MR) is 65.3 cm³/mol. The van der Waals surface area contributed by atoms with E-state index in [2.05, 4.69) is 34.2 Å². The van der Waals surface area contributed by atoms with Gasteiger partial charge in [0.25, 0.3) is 0 Å². The van der Waals surface area contributed by atoms with Crippen molar-refractivity contribution in [1.82, 2.24) is 5.32 Å². The zero-order valence-electron chi connectivity index (χ0n) is 9.10. The number of aryl methyl sites for hydroxylation is 1. The van der Waals surface area contributed by atoms with E-state index in [1.165, 1.54) is 12.0 Å². The standard InChI is InChI=1S/C12H16BrNO/c1-7-6-9(10-4-3-5-14-10)12(15)11(13)8(7)2/h6,10,14-15H,3-5H2,1-2H3. The summed E-state index contributed by atoms with van der Waals surface area (Å²) in [6, 6.07) is 2.42. The fraction of sp³-hybridized carbons (Fsp3) is 0.500. The first kappa shape index (κ1) is 11.0. The number of rotatable bonds is 1. The van der Waals surface area contributed by atoms with Gasteiger partial charge in [-0.15, -0.1) is 0 Å². The molecule has 1 aliphatic heterocycles. The number of nitrogens with one attached hydrogen (secondary N) is 1. The first-order chi connectivity index (χ1) is 7.11. The van der Waals surface area contributed by atoms with Crippen LogP contribution in [0.5, 0.6) is 5.75 Å². The third-order valence-corrected chi connectivity index (χ3v) is 4.18. The van der Waals surface area contributed by atoms with Crippen LogP contribution < -0.4 is 5.32 Å². The largest absolute Gasteiger partial charge is 0.506 e. The molecule has 1 heterocycles. The summed E-state index contributed by atoms with van der Waals surface area (Å²) >= 11 is 3.45. The van der Waals surface area contributed by atoms with Crippen LogP contribution in [0.15, 0.2) is 10.5 Å². The molecule has 0 aromatic heterocycles. The normalized spacial score (nSPS) is 20.9. The zero-order valence-corrected chi connectivity index (χ0v) is 10.7. The van der Waals surface area contributed by atoms with E-state index < -0.39 is 0 Å². The van der Waals surface area contributed by atoms with Gasteiger partial charge in [0.05, 0.1) is 4.47 Å². The Bertz CT molecular complexity index is 384. The smallest absolute Gasteiger partial charge is 0.134 e. The van der Waals surface area contributed by atoms with E-state index in [4.69, 9.17) is 0 Å². The number of hydrogen-bond acceptors (Lipinski definition) is 2. The van der Waals surface area contributed by atoms with E-state index in [9.17, 15) is 5.11 Å². The van der Waals surface area contributed by atoms with Gasteiger partial charge in [-0.25, -0.2) is 0 Å². The predicted octanol–water partition coefficient (Wildman–Crippen LogP) is 3.20. The third kappa shape index (κ3) is 1.91. The molecule has 0 radical (unpaired) electrons. The molecule has 0 spiro atoms. The quantitative estimate of drug-likeness (QED) is 0.821. The van der Waals surface area contributed by atoms with Gasteiger partial charge in [-0.05, 0) is 60.3 Å². The Balaban J connectivity index is 2.47. The van der Waals surface area contributed by atoms with Gasteiger partial charge in [0.2, 0.25) is 0 Å². The molecule has 0 saturated carbocycles. The number of phenols is 1. The lowest BCUT2D eigenvalue weighted by Crippen LogP contribution is -2.13. The molecule has 0 amide bonds. The van der Waals surface area contributed by atoms with Crippen molar-refractivity contribution < 1.29 is 5.11 Å². The van der Waals surface area contributed by atoms with Crippen LogP contribution in [0.1, 0.15) is 35.6 Å². The van der Waals surface area contributed by atoms with E-state index in [-0.39, 0.29) is 0 Å². The van der Waals surface area contributed by atoms with Crippen molar-refractivity contribution >= 4 is 15.9 Å².